The van der Waals surface area contributed by atoms with Gasteiger partial charge in [-0.15, -0.1) is 0 Å². The second-order valence-electron chi connectivity index (χ2n) is 9.23. The number of aryl methyl sites for hydroxylation is 2. The van der Waals surface area contributed by atoms with Gasteiger partial charge in [0.1, 0.15) is 5.75 Å². The summed E-state index contributed by atoms with van der Waals surface area (Å²) in [5, 5.41) is 5.03. The molecular weight excluding hydrogens is 456 g/mol. The van der Waals surface area contributed by atoms with Crippen molar-refractivity contribution in [1.82, 2.24) is 19.6 Å². The molecule has 2 aromatic rings. The number of amides is 2. The standard InChI is InChI=1S/C25H33ClN4O4/c1-3-30-16-22(19(2)27-30)24(32)29-9-5-8-25(17-29,15-23(31)28-10-12-33-13-11-28)18-34-21-7-4-6-20(26)14-21/h4,6-7,14,16H,3,5,8-13,15,17-18H2,1-2H3/t25-/m0/s1. The number of rotatable bonds is 7. The van der Waals surface area contributed by atoms with E-state index < -0.39 is 5.41 Å². The lowest BCUT2D eigenvalue weighted by atomic mass is 9.77. The molecular formula is C25H33ClN4O4. The average Bonchev–Trinajstić information content (AvgIpc) is 3.24. The summed E-state index contributed by atoms with van der Waals surface area (Å²) in [7, 11) is 0. The van der Waals surface area contributed by atoms with Gasteiger partial charge in [0, 0.05) is 55.8 Å². The quantitative estimate of drug-likeness (QED) is 0.597. The van der Waals surface area contributed by atoms with Gasteiger partial charge in [-0.05, 0) is 44.9 Å². The van der Waals surface area contributed by atoms with Gasteiger partial charge in [0.05, 0.1) is 31.1 Å². The Hall–Kier alpha value is -2.58. The Bertz CT molecular complexity index is 1020. The van der Waals surface area contributed by atoms with Crippen LogP contribution in [0.25, 0.3) is 0 Å². The third-order valence-electron chi connectivity index (χ3n) is 6.68. The zero-order valence-electron chi connectivity index (χ0n) is 20.0. The van der Waals surface area contributed by atoms with Crippen molar-refractivity contribution in [3.05, 3.63) is 46.7 Å². The normalized spacial score (nSPS) is 20.9. The SMILES string of the molecule is CCn1cc(C(=O)N2CCC[C@](COc3cccc(Cl)c3)(CC(=O)N3CCOCC3)C2)c(C)n1. The summed E-state index contributed by atoms with van der Waals surface area (Å²) in [6.45, 7) is 8.33. The molecule has 0 saturated carbocycles. The molecule has 8 nitrogen and oxygen atoms in total. The largest absolute Gasteiger partial charge is 0.493 e. The maximum absolute atomic E-state index is 13.4. The van der Waals surface area contributed by atoms with Crippen LogP contribution in [0.4, 0.5) is 0 Å². The van der Waals surface area contributed by atoms with E-state index in [1.165, 1.54) is 0 Å². The molecule has 4 rings (SSSR count). The molecule has 1 atom stereocenters. The highest BCUT2D eigenvalue weighted by molar-refractivity contribution is 6.30. The Balaban J connectivity index is 1.54. The van der Waals surface area contributed by atoms with Gasteiger partial charge >= 0.3 is 0 Å². The van der Waals surface area contributed by atoms with E-state index in [9.17, 15) is 9.59 Å². The molecule has 1 aromatic heterocycles. The molecule has 2 saturated heterocycles. The van der Waals surface area contributed by atoms with E-state index in [0.29, 0.717) is 75.3 Å². The maximum Gasteiger partial charge on any atom is 0.257 e. The molecule has 3 heterocycles. The van der Waals surface area contributed by atoms with Gasteiger partial charge in [-0.25, -0.2) is 0 Å². The number of carbonyl (C=O) groups excluding carboxylic acids is 2. The molecule has 0 spiro atoms. The fourth-order valence-corrected chi connectivity index (χ4v) is 4.97. The highest BCUT2D eigenvalue weighted by atomic mass is 35.5. The van der Waals surface area contributed by atoms with Crippen molar-refractivity contribution in [3.63, 3.8) is 0 Å². The average molecular weight is 489 g/mol. The van der Waals surface area contributed by atoms with Gasteiger partial charge in [-0.3, -0.25) is 14.3 Å². The van der Waals surface area contributed by atoms with Crippen LogP contribution in [0.1, 0.15) is 42.2 Å². The van der Waals surface area contributed by atoms with Crippen LogP contribution in [-0.4, -0.2) is 77.4 Å². The topological polar surface area (TPSA) is 76.9 Å². The van der Waals surface area contributed by atoms with Crippen molar-refractivity contribution in [2.75, 3.05) is 46.0 Å². The van der Waals surface area contributed by atoms with E-state index >= 15 is 0 Å². The fourth-order valence-electron chi connectivity index (χ4n) is 4.79. The van der Waals surface area contributed by atoms with Gasteiger partial charge < -0.3 is 19.3 Å². The van der Waals surface area contributed by atoms with Crippen LogP contribution in [0.3, 0.4) is 0 Å². The first-order valence-electron chi connectivity index (χ1n) is 12.0. The van der Waals surface area contributed by atoms with Gasteiger partial charge in [-0.2, -0.15) is 5.10 Å². The number of halogens is 1. The third kappa shape index (κ3) is 5.73. The van der Waals surface area contributed by atoms with Crippen LogP contribution >= 0.6 is 11.6 Å². The molecule has 2 aliphatic heterocycles. The molecule has 2 amide bonds. The first kappa shape index (κ1) is 24.5. The van der Waals surface area contributed by atoms with E-state index in [4.69, 9.17) is 21.1 Å². The smallest absolute Gasteiger partial charge is 0.257 e. The zero-order chi connectivity index (χ0) is 24.1. The summed E-state index contributed by atoms with van der Waals surface area (Å²) in [5.41, 5.74) is 0.857. The van der Waals surface area contributed by atoms with Gasteiger partial charge in [0.2, 0.25) is 5.91 Å². The highest BCUT2D eigenvalue weighted by Crippen LogP contribution is 2.36. The van der Waals surface area contributed by atoms with Crippen molar-refractivity contribution >= 4 is 23.4 Å². The Labute approximate surface area is 205 Å². The second-order valence-corrected chi connectivity index (χ2v) is 9.67. The minimum Gasteiger partial charge on any atom is -0.493 e. The van der Waals surface area contributed by atoms with Gasteiger partial charge in [0.25, 0.3) is 5.91 Å². The first-order chi connectivity index (χ1) is 16.4. The molecule has 0 bridgehead atoms. The Morgan fingerprint density at radius 3 is 2.71 bits per heavy atom. The van der Waals surface area contributed by atoms with Crippen LogP contribution in [-0.2, 0) is 16.1 Å². The van der Waals surface area contributed by atoms with E-state index in [-0.39, 0.29) is 11.8 Å². The molecule has 0 aliphatic carbocycles. The van der Waals surface area contributed by atoms with Crippen LogP contribution in [0.5, 0.6) is 5.75 Å². The van der Waals surface area contributed by atoms with E-state index in [0.717, 1.165) is 18.5 Å². The lowest BCUT2D eigenvalue weighted by molar-refractivity contribution is -0.139. The van der Waals surface area contributed by atoms with E-state index in [1.807, 2.05) is 42.0 Å². The molecule has 2 aliphatic rings. The minimum absolute atomic E-state index is 0.0390. The molecule has 34 heavy (non-hydrogen) atoms. The summed E-state index contributed by atoms with van der Waals surface area (Å²) in [6, 6.07) is 7.27. The van der Waals surface area contributed by atoms with Crippen molar-refractivity contribution in [1.29, 1.82) is 0 Å². The highest BCUT2D eigenvalue weighted by Gasteiger charge is 2.41. The monoisotopic (exact) mass is 488 g/mol. The number of nitrogens with zero attached hydrogens (tertiary/aromatic N) is 4. The van der Waals surface area contributed by atoms with E-state index in [2.05, 4.69) is 5.10 Å². The second kappa shape index (κ2) is 10.8. The lowest BCUT2D eigenvalue weighted by Gasteiger charge is -2.43. The van der Waals surface area contributed by atoms with Crippen LogP contribution in [0.15, 0.2) is 30.5 Å². The zero-order valence-corrected chi connectivity index (χ0v) is 20.7. The number of hydrogen-bond donors (Lipinski definition) is 0. The Kier molecular flexibility index (Phi) is 7.78. The number of hydrogen-bond acceptors (Lipinski definition) is 5. The number of piperidine rings is 1. The Morgan fingerprint density at radius 2 is 2.00 bits per heavy atom. The molecule has 2 fully saturated rings. The predicted octanol–water partition coefficient (Wildman–Crippen LogP) is 3.42. The number of morpholine rings is 1. The summed E-state index contributed by atoms with van der Waals surface area (Å²) in [5.74, 6) is 0.708. The summed E-state index contributed by atoms with van der Waals surface area (Å²) >= 11 is 6.13. The number of aromatic nitrogens is 2. The van der Waals surface area contributed by atoms with Crippen molar-refractivity contribution < 1.29 is 19.1 Å². The van der Waals surface area contributed by atoms with Crippen molar-refractivity contribution in [3.8, 4) is 5.75 Å². The molecule has 0 N–H and O–H groups in total. The van der Waals surface area contributed by atoms with Crippen LogP contribution in [0.2, 0.25) is 5.02 Å². The van der Waals surface area contributed by atoms with Crippen LogP contribution in [0, 0.1) is 12.3 Å². The van der Waals surface area contributed by atoms with E-state index in [1.54, 1.807) is 16.8 Å². The molecule has 0 radical (unpaired) electrons. The molecule has 1 aromatic carbocycles. The number of ether oxygens (including phenoxy) is 2. The van der Waals surface area contributed by atoms with Crippen molar-refractivity contribution in [2.45, 2.75) is 39.7 Å². The predicted molar refractivity (Wildman–Crippen MR) is 129 cm³/mol. The summed E-state index contributed by atoms with van der Waals surface area (Å²) in [6.07, 6.45) is 3.75. The maximum atomic E-state index is 13.4. The first-order valence-corrected chi connectivity index (χ1v) is 12.3. The van der Waals surface area contributed by atoms with Crippen molar-refractivity contribution in [2.24, 2.45) is 5.41 Å². The van der Waals surface area contributed by atoms with Gasteiger partial charge in [-0.1, -0.05) is 17.7 Å². The fraction of sp³-hybridized carbons (Fsp3) is 0.560. The summed E-state index contributed by atoms with van der Waals surface area (Å²) < 4.78 is 13.4. The van der Waals surface area contributed by atoms with Crippen LogP contribution < -0.4 is 4.74 Å². The molecule has 184 valence electrons. The van der Waals surface area contributed by atoms with Gasteiger partial charge in [0.15, 0.2) is 0 Å². The number of likely N-dealkylation sites (tertiary alicyclic amines) is 1. The summed E-state index contributed by atoms with van der Waals surface area (Å²) in [4.78, 5) is 30.4. The third-order valence-corrected chi connectivity index (χ3v) is 6.92. The number of benzene rings is 1. The molecule has 9 heteroatoms. The Morgan fingerprint density at radius 1 is 1.21 bits per heavy atom. The molecule has 0 unspecified atom stereocenters. The number of carbonyl (C=O) groups is 2. The minimum atomic E-state index is -0.486. The lowest BCUT2D eigenvalue weighted by Crippen LogP contribution is -2.52.